The van der Waals surface area contributed by atoms with Gasteiger partial charge in [-0.1, -0.05) is 31.2 Å². The van der Waals surface area contributed by atoms with E-state index >= 15 is 0 Å². The van der Waals surface area contributed by atoms with Crippen molar-refractivity contribution in [3.8, 4) is 0 Å². The van der Waals surface area contributed by atoms with E-state index in [4.69, 9.17) is 0 Å². The molecule has 136 valence electrons. The minimum Gasteiger partial charge on any atom is -0.392 e. The van der Waals surface area contributed by atoms with E-state index in [1.165, 1.54) is 12.1 Å². The Morgan fingerprint density at radius 2 is 1.77 bits per heavy atom. The molecule has 0 aliphatic heterocycles. The van der Waals surface area contributed by atoms with E-state index in [0.717, 1.165) is 35.3 Å². The molecule has 0 bridgehead atoms. The Morgan fingerprint density at radius 3 is 2.46 bits per heavy atom. The summed E-state index contributed by atoms with van der Waals surface area (Å²) in [4.78, 5) is 2.17. The lowest BCUT2D eigenvalue weighted by Gasteiger charge is -2.25. The summed E-state index contributed by atoms with van der Waals surface area (Å²) in [5, 5.41) is 14.0. The predicted octanol–water partition coefficient (Wildman–Crippen LogP) is 4.13. The molecule has 1 aromatic heterocycles. The van der Waals surface area contributed by atoms with Crippen LogP contribution in [0.4, 0.5) is 10.1 Å². The Bertz CT molecular complexity index is 829. The molecule has 0 unspecified atom stereocenters. The van der Waals surface area contributed by atoms with E-state index in [9.17, 15) is 9.50 Å². The summed E-state index contributed by atoms with van der Waals surface area (Å²) in [5.41, 5.74) is 3.99. The van der Waals surface area contributed by atoms with Gasteiger partial charge in [0.05, 0.1) is 12.8 Å². The molecule has 1 N–H and O–H groups in total. The number of anilines is 1. The Balaban J connectivity index is 1.86. The van der Waals surface area contributed by atoms with Crippen LogP contribution in [-0.4, -0.2) is 14.9 Å². The van der Waals surface area contributed by atoms with Crippen molar-refractivity contribution in [1.82, 2.24) is 9.78 Å². The van der Waals surface area contributed by atoms with Crippen LogP contribution in [0.25, 0.3) is 0 Å². The molecule has 26 heavy (non-hydrogen) atoms. The van der Waals surface area contributed by atoms with E-state index in [1.807, 2.05) is 35.1 Å². The minimum absolute atomic E-state index is 0.00185. The first-order valence-corrected chi connectivity index (χ1v) is 8.89. The van der Waals surface area contributed by atoms with Crippen LogP contribution < -0.4 is 4.90 Å². The van der Waals surface area contributed by atoms with Crippen molar-refractivity contribution in [3.63, 3.8) is 0 Å². The summed E-state index contributed by atoms with van der Waals surface area (Å²) in [6.07, 6.45) is 4.97. The van der Waals surface area contributed by atoms with E-state index < -0.39 is 0 Å². The number of hydrogen-bond acceptors (Lipinski definition) is 3. The lowest BCUT2D eigenvalue weighted by molar-refractivity contribution is 0.280. The maximum Gasteiger partial charge on any atom is 0.123 e. The van der Waals surface area contributed by atoms with Crippen molar-refractivity contribution in [3.05, 3.63) is 83.4 Å². The largest absolute Gasteiger partial charge is 0.392 e. The van der Waals surface area contributed by atoms with Gasteiger partial charge in [0.15, 0.2) is 0 Å². The molecule has 1 heterocycles. The van der Waals surface area contributed by atoms with Crippen LogP contribution >= 0.6 is 0 Å². The van der Waals surface area contributed by atoms with Gasteiger partial charge in [0.25, 0.3) is 0 Å². The summed E-state index contributed by atoms with van der Waals surface area (Å²) in [5.74, 6) is -0.250. The molecule has 0 aliphatic rings. The fourth-order valence-electron chi connectivity index (χ4n) is 3.02. The first-order valence-electron chi connectivity index (χ1n) is 8.89. The lowest BCUT2D eigenvalue weighted by atomic mass is 10.1. The molecular formula is C21H24FN3O. The van der Waals surface area contributed by atoms with Crippen LogP contribution in [-0.2, 0) is 26.2 Å². The summed E-state index contributed by atoms with van der Waals surface area (Å²) in [6, 6.07) is 14.4. The first-order chi connectivity index (χ1) is 12.7. The maximum absolute atomic E-state index is 13.3. The zero-order valence-corrected chi connectivity index (χ0v) is 15.0. The third kappa shape index (κ3) is 4.49. The summed E-state index contributed by atoms with van der Waals surface area (Å²) in [7, 11) is 0. The van der Waals surface area contributed by atoms with Crippen LogP contribution in [0.3, 0.4) is 0 Å². The average molecular weight is 353 g/mol. The second kappa shape index (κ2) is 8.63. The number of aliphatic hydroxyl groups excluding tert-OH is 1. The van der Waals surface area contributed by atoms with Gasteiger partial charge in [-0.05, 0) is 41.8 Å². The van der Waals surface area contributed by atoms with Gasteiger partial charge in [0.2, 0.25) is 0 Å². The van der Waals surface area contributed by atoms with E-state index in [-0.39, 0.29) is 12.4 Å². The average Bonchev–Trinajstić information content (AvgIpc) is 3.10. The quantitative estimate of drug-likeness (QED) is 0.662. The Hall–Kier alpha value is -2.66. The molecule has 0 saturated heterocycles. The highest BCUT2D eigenvalue weighted by Crippen LogP contribution is 2.22. The van der Waals surface area contributed by atoms with Crippen molar-refractivity contribution < 1.29 is 9.50 Å². The Kier molecular flexibility index (Phi) is 6.02. The predicted molar refractivity (Wildman–Crippen MR) is 101 cm³/mol. The number of aliphatic hydroxyl groups is 1. The monoisotopic (exact) mass is 353 g/mol. The van der Waals surface area contributed by atoms with Crippen molar-refractivity contribution in [2.45, 2.75) is 39.6 Å². The molecule has 0 amide bonds. The van der Waals surface area contributed by atoms with Crippen LogP contribution in [0.2, 0.25) is 0 Å². The van der Waals surface area contributed by atoms with Gasteiger partial charge in [-0.25, -0.2) is 4.39 Å². The minimum atomic E-state index is -0.250. The van der Waals surface area contributed by atoms with Crippen LogP contribution in [0.1, 0.15) is 30.0 Å². The Morgan fingerprint density at radius 1 is 1.04 bits per heavy atom. The van der Waals surface area contributed by atoms with Gasteiger partial charge in [0, 0.05) is 37.1 Å². The molecule has 4 nitrogen and oxygen atoms in total. The standard InChI is InChI=1S/C21H24FN3O/c1-2-11-25-14-17(12-23-25)13-24(21-9-7-20(22)8-10-21)15-18-5-3-4-6-19(18)16-26/h3-10,12,14,26H,2,11,13,15-16H2,1H3. The molecular weight excluding hydrogens is 329 g/mol. The topological polar surface area (TPSA) is 41.3 Å². The highest BCUT2D eigenvalue weighted by atomic mass is 19.1. The van der Waals surface area contributed by atoms with Crippen molar-refractivity contribution in [2.75, 3.05) is 4.90 Å². The number of nitrogens with zero attached hydrogens (tertiary/aromatic N) is 3. The van der Waals surface area contributed by atoms with Crippen LogP contribution in [0, 0.1) is 5.82 Å². The van der Waals surface area contributed by atoms with Crippen LogP contribution in [0.15, 0.2) is 60.9 Å². The molecule has 3 aromatic rings. The molecule has 0 spiro atoms. The van der Waals surface area contributed by atoms with Gasteiger partial charge in [-0.2, -0.15) is 5.10 Å². The SMILES string of the molecule is CCCn1cc(CN(Cc2ccccc2CO)c2ccc(F)cc2)cn1. The van der Waals surface area contributed by atoms with Crippen molar-refractivity contribution in [1.29, 1.82) is 0 Å². The third-order valence-electron chi connectivity index (χ3n) is 4.35. The number of benzene rings is 2. The summed E-state index contributed by atoms with van der Waals surface area (Å²) in [6.45, 7) is 4.31. The summed E-state index contributed by atoms with van der Waals surface area (Å²) < 4.78 is 15.3. The number of aryl methyl sites for hydroxylation is 1. The number of halogens is 1. The zero-order valence-electron chi connectivity index (χ0n) is 15.0. The zero-order chi connectivity index (χ0) is 18.4. The molecule has 0 aliphatic carbocycles. The second-order valence-electron chi connectivity index (χ2n) is 6.37. The number of rotatable bonds is 8. The fraction of sp³-hybridized carbons (Fsp3) is 0.286. The van der Waals surface area contributed by atoms with Gasteiger partial charge >= 0.3 is 0 Å². The molecule has 3 rings (SSSR count). The fourth-order valence-corrected chi connectivity index (χ4v) is 3.02. The van der Waals surface area contributed by atoms with Crippen molar-refractivity contribution >= 4 is 5.69 Å². The maximum atomic E-state index is 13.3. The van der Waals surface area contributed by atoms with Gasteiger partial charge < -0.3 is 10.0 Å². The highest BCUT2D eigenvalue weighted by molar-refractivity contribution is 5.48. The summed E-state index contributed by atoms with van der Waals surface area (Å²) >= 11 is 0. The number of hydrogen-bond donors (Lipinski definition) is 1. The first kappa shape index (κ1) is 18.1. The van der Waals surface area contributed by atoms with Gasteiger partial charge in [-0.15, -0.1) is 0 Å². The number of aromatic nitrogens is 2. The van der Waals surface area contributed by atoms with Crippen molar-refractivity contribution in [2.24, 2.45) is 0 Å². The molecule has 0 atom stereocenters. The highest BCUT2D eigenvalue weighted by Gasteiger charge is 2.12. The van der Waals surface area contributed by atoms with E-state index in [2.05, 4.69) is 23.1 Å². The Labute approximate surface area is 153 Å². The second-order valence-corrected chi connectivity index (χ2v) is 6.37. The van der Waals surface area contributed by atoms with Crippen LogP contribution in [0.5, 0.6) is 0 Å². The normalized spacial score (nSPS) is 10.9. The van der Waals surface area contributed by atoms with E-state index in [0.29, 0.717) is 13.1 Å². The molecule has 0 fully saturated rings. The molecule has 2 aromatic carbocycles. The van der Waals surface area contributed by atoms with Gasteiger partial charge in [0.1, 0.15) is 5.82 Å². The smallest absolute Gasteiger partial charge is 0.123 e. The molecule has 0 radical (unpaired) electrons. The molecule has 0 saturated carbocycles. The lowest BCUT2D eigenvalue weighted by Crippen LogP contribution is -2.22. The van der Waals surface area contributed by atoms with E-state index in [1.54, 1.807) is 12.1 Å². The third-order valence-corrected chi connectivity index (χ3v) is 4.35. The van der Waals surface area contributed by atoms with Gasteiger partial charge in [-0.3, -0.25) is 4.68 Å². The molecule has 5 heteroatoms.